The zero-order chi connectivity index (χ0) is 18.6. The maximum absolute atomic E-state index is 11.0. The lowest BCUT2D eigenvalue weighted by Crippen LogP contribution is -2.42. The van der Waals surface area contributed by atoms with Gasteiger partial charge in [-0.05, 0) is 44.9 Å². The summed E-state index contributed by atoms with van der Waals surface area (Å²) in [4.78, 5) is 15.3. The Morgan fingerprint density at radius 1 is 1.44 bits per heavy atom. The first kappa shape index (κ1) is 18.6. The minimum atomic E-state index is -0.579. The summed E-state index contributed by atoms with van der Waals surface area (Å²) < 4.78 is 7.24. The lowest BCUT2D eigenvalue weighted by Gasteiger charge is -2.18. The minimum absolute atomic E-state index is 0.149. The molecule has 8 nitrogen and oxygen atoms in total. The van der Waals surface area contributed by atoms with Crippen LogP contribution in [0.2, 0.25) is 0 Å². The van der Waals surface area contributed by atoms with Gasteiger partial charge >= 0.3 is 0 Å². The van der Waals surface area contributed by atoms with Crippen molar-refractivity contribution < 1.29 is 9.21 Å². The van der Waals surface area contributed by atoms with Gasteiger partial charge in [0.1, 0.15) is 5.76 Å². The molecule has 2 aromatic rings. The standard InChI is InChI=1S/C17H26N6O2/c1-10(8-14-11(2)22-23(5)12(14)3)21-17(19-4)20-9-13-6-7-15(25-13)16(18)24/h6-7,10H,8-9H2,1-5H3,(H2,18,24)(H2,19,20,21). The molecule has 1 unspecified atom stereocenters. The highest BCUT2D eigenvalue weighted by atomic mass is 16.3. The van der Waals surface area contributed by atoms with E-state index in [0.717, 1.165) is 12.1 Å². The number of carbonyl (C=O) groups is 1. The highest BCUT2D eigenvalue weighted by Crippen LogP contribution is 2.14. The van der Waals surface area contributed by atoms with Crippen molar-refractivity contribution in [2.75, 3.05) is 7.05 Å². The summed E-state index contributed by atoms with van der Waals surface area (Å²) in [6.07, 6.45) is 0.846. The van der Waals surface area contributed by atoms with Crippen LogP contribution in [0.1, 0.15) is 40.2 Å². The molecule has 136 valence electrons. The number of hydrogen-bond donors (Lipinski definition) is 3. The summed E-state index contributed by atoms with van der Waals surface area (Å²) in [6, 6.07) is 3.45. The van der Waals surface area contributed by atoms with Gasteiger partial charge < -0.3 is 20.8 Å². The van der Waals surface area contributed by atoms with E-state index in [1.807, 2.05) is 18.7 Å². The quantitative estimate of drug-likeness (QED) is 0.534. The largest absolute Gasteiger partial charge is 0.454 e. The normalized spacial score (nSPS) is 12.9. The second-order valence-electron chi connectivity index (χ2n) is 6.08. The van der Waals surface area contributed by atoms with Gasteiger partial charge in [-0.25, -0.2) is 0 Å². The molecule has 1 amide bonds. The maximum atomic E-state index is 11.0. The van der Waals surface area contributed by atoms with Crippen LogP contribution < -0.4 is 16.4 Å². The highest BCUT2D eigenvalue weighted by molar-refractivity contribution is 5.89. The first-order valence-electron chi connectivity index (χ1n) is 8.16. The molecular formula is C17H26N6O2. The molecule has 25 heavy (non-hydrogen) atoms. The third kappa shape index (κ3) is 4.62. The Bertz CT molecular complexity index is 774. The third-order valence-corrected chi connectivity index (χ3v) is 4.11. The second-order valence-corrected chi connectivity index (χ2v) is 6.08. The van der Waals surface area contributed by atoms with Crippen molar-refractivity contribution in [2.24, 2.45) is 17.8 Å². The van der Waals surface area contributed by atoms with Crippen molar-refractivity contribution >= 4 is 11.9 Å². The fraction of sp³-hybridized carbons (Fsp3) is 0.471. The van der Waals surface area contributed by atoms with Crippen LogP contribution >= 0.6 is 0 Å². The van der Waals surface area contributed by atoms with Gasteiger partial charge in [-0.1, -0.05) is 0 Å². The molecule has 1 atom stereocenters. The molecule has 0 fully saturated rings. The lowest BCUT2D eigenvalue weighted by molar-refractivity contribution is 0.0972. The van der Waals surface area contributed by atoms with Crippen LogP contribution in [0.3, 0.4) is 0 Å². The summed E-state index contributed by atoms with van der Waals surface area (Å²) >= 11 is 0. The Kier molecular flexibility index (Phi) is 5.84. The van der Waals surface area contributed by atoms with Crippen molar-refractivity contribution in [1.29, 1.82) is 0 Å². The predicted molar refractivity (Wildman–Crippen MR) is 96.4 cm³/mol. The maximum Gasteiger partial charge on any atom is 0.284 e. The number of nitrogens with zero attached hydrogens (tertiary/aromatic N) is 3. The Hall–Kier alpha value is -2.77. The number of amides is 1. The number of rotatable bonds is 6. The van der Waals surface area contributed by atoms with Crippen LogP contribution in [0.25, 0.3) is 0 Å². The smallest absolute Gasteiger partial charge is 0.284 e. The van der Waals surface area contributed by atoms with Gasteiger partial charge in [0.2, 0.25) is 0 Å². The van der Waals surface area contributed by atoms with Gasteiger partial charge in [-0.2, -0.15) is 5.10 Å². The Balaban J connectivity index is 1.91. The van der Waals surface area contributed by atoms with Crippen LogP contribution in [0.4, 0.5) is 0 Å². The molecule has 2 heterocycles. The molecule has 0 aliphatic rings. The van der Waals surface area contributed by atoms with E-state index in [-0.39, 0.29) is 11.8 Å². The fourth-order valence-corrected chi connectivity index (χ4v) is 2.67. The van der Waals surface area contributed by atoms with E-state index in [4.69, 9.17) is 10.2 Å². The van der Waals surface area contributed by atoms with Crippen LogP contribution in [-0.2, 0) is 20.0 Å². The summed E-state index contributed by atoms with van der Waals surface area (Å²) in [5.74, 6) is 0.840. The van der Waals surface area contributed by atoms with Crippen LogP contribution in [0.15, 0.2) is 21.5 Å². The molecule has 0 aromatic carbocycles. The zero-order valence-corrected chi connectivity index (χ0v) is 15.4. The van der Waals surface area contributed by atoms with E-state index in [9.17, 15) is 4.79 Å². The number of carbonyl (C=O) groups excluding carboxylic acids is 1. The van der Waals surface area contributed by atoms with Crippen molar-refractivity contribution in [3.05, 3.63) is 40.6 Å². The Morgan fingerprint density at radius 3 is 2.68 bits per heavy atom. The number of nitrogens with two attached hydrogens (primary N) is 1. The number of furan rings is 1. The average Bonchev–Trinajstić information content (AvgIpc) is 3.12. The van der Waals surface area contributed by atoms with Gasteiger partial charge in [0, 0.05) is 25.8 Å². The van der Waals surface area contributed by atoms with Crippen molar-refractivity contribution in [2.45, 2.75) is 39.8 Å². The first-order chi connectivity index (χ1) is 11.8. The monoisotopic (exact) mass is 346 g/mol. The fourth-order valence-electron chi connectivity index (χ4n) is 2.67. The van der Waals surface area contributed by atoms with Crippen LogP contribution in [-0.4, -0.2) is 34.7 Å². The van der Waals surface area contributed by atoms with Gasteiger partial charge in [0.15, 0.2) is 11.7 Å². The Morgan fingerprint density at radius 2 is 2.16 bits per heavy atom. The minimum Gasteiger partial charge on any atom is -0.454 e. The van der Waals surface area contributed by atoms with Crippen molar-refractivity contribution in [1.82, 2.24) is 20.4 Å². The molecule has 4 N–H and O–H groups in total. The molecule has 0 saturated heterocycles. The number of primary amides is 1. The number of aryl methyl sites for hydroxylation is 2. The van der Waals surface area contributed by atoms with E-state index in [0.29, 0.717) is 18.3 Å². The van der Waals surface area contributed by atoms with E-state index in [2.05, 4.69) is 34.6 Å². The zero-order valence-electron chi connectivity index (χ0n) is 15.4. The Labute approximate surface area is 147 Å². The molecule has 0 radical (unpaired) electrons. The number of aromatic nitrogens is 2. The van der Waals surface area contributed by atoms with E-state index in [1.165, 1.54) is 11.3 Å². The lowest BCUT2D eigenvalue weighted by atomic mass is 10.1. The first-order valence-corrected chi connectivity index (χ1v) is 8.16. The number of aliphatic imine (C=N–C) groups is 1. The van der Waals surface area contributed by atoms with Crippen LogP contribution in [0.5, 0.6) is 0 Å². The molecule has 0 saturated carbocycles. The number of hydrogen-bond acceptors (Lipinski definition) is 4. The van der Waals surface area contributed by atoms with Gasteiger partial charge in [-0.15, -0.1) is 0 Å². The van der Waals surface area contributed by atoms with E-state index in [1.54, 1.807) is 19.2 Å². The highest BCUT2D eigenvalue weighted by Gasteiger charge is 2.14. The molecule has 2 rings (SSSR count). The van der Waals surface area contributed by atoms with Gasteiger partial charge in [0.05, 0.1) is 12.2 Å². The number of guanidine groups is 1. The van der Waals surface area contributed by atoms with Crippen molar-refractivity contribution in [3.63, 3.8) is 0 Å². The van der Waals surface area contributed by atoms with E-state index >= 15 is 0 Å². The summed E-state index contributed by atoms with van der Waals surface area (Å²) in [7, 11) is 3.66. The SMILES string of the molecule is CN=C(NCc1ccc(C(N)=O)o1)NC(C)Cc1c(C)nn(C)c1C. The van der Waals surface area contributed by atoms with E-state index < -0.39 is 5.91 Å². The second kappa shape index (κ2) is 7.87. The molecule has 0 aliphatic heterocycles. The molecule has 8 heteroatoms. The predicted octanol–water partition coefficient (Wildman–Crippen LogP) is 1.03. The van der Waals surface area contributed by atoms with Crippen LogP contribution in [0, 0.1) is 13.8 Å². The summed E-state index contributed by atoms with van der Waals surface area (Å²) in [5.41, 5.74) is 8.64. The summed E-state index contributed by atoms with van der Waals surface area (Å²) in [6.45, 7) is 6.60. The molecule has 0 aliphatic carbocycles. The van der Waals surface area contributed by atoms with Gasteiger partial charge in [-0.3, -0.25) is 14.5 Å². The third-order valence-electron chi connectivity index (χ3n) is 4.11. The molecule has 0 bridgehead atoms. The molecule has 0 spiro atoms. The van der Waals surface area contributed by atoms with Gasteiger partial charge in [0.25, 0.3) is 5.91 Å². The number of nitrogens with one attached hydrogen (secondary N) is 2. The summed E-state index contributed by atoms with van der Waals surface area (Å²) in [5, 5.41) is 11.0. The van der Waals surface area contributed by atoms with Crippen molar-refractivity contribution in [3.8, 4) is 0 Å². The topological polar surface area (TPSA) is 110 Å². The molecular weight excluding hydrogens is 320 g/mol. The molecule has 2 aromatic heterocycles. The average molecular weight is 346 g/mol.